The molecule has 8 nitrogen and oxygen atoms in total. The summed E-state index contributed by atoms with van der Waals surface area (Å²) >= 11 is 0. The smallest absolute Gasteiger partial charge is 0.329 e. The van der Waals surface area contributed by atoms with Gasteiger partial charge in [-0.15, -0.1) is 0 Å². The summed E-state index contributed by atoms with van der Waals surface area (Å²) in [6, 6.07) is -1.64. The highest BCUT2D eigenvalue weighted by molar-refractivity contribution is 5.85. The molecule has 0 heterocycles. The molecule has 0 aromatic rings. The molecule has 98 valence electrons. The van der Waals surface area contributed by atoms with E-state index in [4.69, 9.17) is 5.73 Å². The molecule has 8 heteroatoms. The number of hydrogen-bond acceptors (Lipinski definition) is 6. The molecule has 0 rings (SSSR count). The van der Waals surface area contributed by atoms with E-state index in [1.54, 1.807) is 6.92 Å². The summed E-state index contributed by atoms with van der Waals surface area (Å²) < 4.78 is 9.01. The standard InChI is InChI=1S/C9H17N3O5/c1-3-17-7(13)5-11-9(15)12-6(4-10)8(14)16-2/h6H,3-5,10H2,1-2H3,(H2,11,12,15). The average Bonchev–Trinajstić information content (AvgIpc) is 2.32. The van der Waals surface area contributed by atoms with E-state index in [2.05, 4.69) is 20.1 Å². The average molecular weight is 247 g/mol. The normalized spacial score (nSPS) is 11.2. The van der Waals surface area contributed by atoms with Crippen molar-refractivity contribution in [3.63, 3.8) is 0 Å². The minimum absolute atomic E-state index is 0.0977. The molecule has 0 saturated heterocycles. The maximum atomic E-state index is 11.2. The molecular weight excluding hydrogens is 230 g/mol. The van der Waals surface area contributed by atoms with Crippen LogP contribution in [0.4, 0.5) is 4.79 Å². The molecule has 2 amide bonds. The second-order valence-corrected chi connectivity index (χ2v) is 2.94. The minimum Gasteiger partial charge on any atom is -0.467 e. The molecule has 4 N–H and O–H groups in total. The Labute approximate surface area is 98.8 Å². The Morgan fingerprint density at radius 1 is 1.35 bits per heavy atom. The van der Waals surface area contributed by atoms with Crippen LogP contribution in [0.1, 0.15) is 6.92 Å². The van der Waals surface area contributed by atoms with Gasteiger partial charge in [-0.05, 0) is 6.92 Å². The fourth-order valence-electron chi connectivity index (χ4n) is 0.930. The van der Waals surface area contributed by atoms with Crippen molar-refractivity contribution in [3.05, 3.63) is 0 Å². The van der Waals surface area contributed by atoms with Crippen LogP contribution in [0.15, 0.2) is 0 Å². The van der Waals surface area contributed by atoms with E-state index >= 15 is 0 Å². The molecule has 1 unspecified atom stereocenters. The lowest BCUT2D eigenvalue weighted by Gasteiger charge is -2.14. The van der Waals surface area contributed by atoms with Crippen LogP contribution in [0.25, 0.3) is 0 Å². The first-order valence-corrected chi connectivity index (χ1v) is 5.03. The molecule has 17 heavy (non-hydrogen) atoms. The van der Waals surface area contributed by atoms with Gasteiger partial charge in [0.05, 0.1) is 13.7 Å². The fraction of sp³-hybridized carbons (Fsp3) is 0.667. The highest BCUT2D eigenvalue weighted by atomic mass is 16.5. The zero-order valence-corrected chi connectivity index (χ0v) is 9.82. The summed E-state index contributed by atoms with van der Waals surface area (Å²) in [6.07, 6.45) is 0. The highest BCUT2D eigenvalue weighted by Crippen LogP contribution is 1.85. The lowest BCUT2D eigenvalue weighted by Crippen LogP contribution is -2.50. The number of carbonyl (C=O) groups excluding carboxylic acids is 3. The van der Waals surface area contributed by atoms with Crippen LogP contribution < -0.4 is 16.4 Å². The molecule has 0 aliphatic carbocycles. The van der Waals surface area contributed by atoms with Gasteiger partial charge in [-0.3, -0.25) is 4.79 Å². The Kier molecular flexibility index (Phi) is 7.44. The summed E-state index contributed by atoms with van der Waals surface area (Å²) in [4.78, 5) is 33.2. The molecule has 0 aliphatic rings. The number of amides is 2. The monoisotopic (exact) mass is 247 g/mol. The summed E-state index contributed by atoms with van der Waals surface area (Å²) in [5, 5.41) is 4.48. The summed E-state index contributed by atoms with van der Waals surface area (Å²) in [5.41, 5.74) is 5.27. The molecule has 1 atom stereocenters. The zero-order chi connectivity index (χ0) is 13.3. The Bertz CT molecular complexity index is 282. The van der Waals surface area contributed by atoms with Crippen molar-refractivity contribution in [2.75, 3.05) is 26.8 Å². The van der Waals surface area contributed by atoms with Crippen molar-refractivity contribution < 1.29 is 23.9 Å². The Morgan fingerprint density at radius 2 is 2.00 bits per heavy atom. The first-order valence-electron chi connectivity index (χ1n) is 5.03. The second-order valence-electron chi connectivity index (χ2n) is 2.94. The third kappa shape index (κ3) is 6.36. The number of nitrogens with one attached hydrogen (secondary N) is 2. The first kappa shape index (κ1) is 15.2. The topological polar surface area (TPSA) is 120 Å². The molecule has 0 aromatic carbocycles. The van der Waals surface area contributed by atoms with Crippen molar-refractivity contribution >= 4 is 18.0 Å². The molecular formula is C9H17N3O5. The molecule has 0 saturated carbocycles. The number of ether oxygens (including phenoxy) is 2. The van der Waals surface area contributed by atoms with Gasteiger partial charge in [0.15, 0.2) is 0 Å². The van der Waals surface area contributed by atoms with E-state index in [1.807, 2.05) is 0 Å². The lowest BCUT2D eigenvalue weighted by atomic mass is 10.3. The zero-order valence-electron chi connectivity index (χ0n) is 9.82. The third-order valence-corrected chi connectivity index (χ3v) is 1.73. The van der Waals surface area contributed by atoms with E-state index in [9.17, 15) is 14.4 Å². The quantitative estimate of drug-likeness (QED) is 0.484. The fourth-order valence-corrected chi connectivity index (χ4v) is 0.930. The van der Waals surface area contributed by atoms with E-state index < -0.39 is 24.0 Å². The molecule has 0 aromatic heterocycles. The number of esters is 2. The number of methoxy groups -OCH3 is 1. The first-order chi connectivity index (χ1) is 8.04. The van der Waals surface area contributed by atoms with E-state index in [0.29, 0.717) is 0 Å². The molecule has 0 spiro atoms. The van der Waals surface area contributed by atoms with Crippen molar-refractivity contribution in [1.82, 2.24) is 10.6 Å². The van der Waals surface area contributed by atoms with Crippen LogP contribution in [0.5, 0.6) is 0 Å². The minimum atomic E-state index is -0.942. The second kappa shape index (κ2) is 8.34. The van der Waals surface area contributed by atoms with Gasteiger partial charge >= 0.3 is 18.0 Å². The summed E-state index contributed by atoms with van der Waals surface area (Å²) in [6.45, 7) is 1.51. The van der Waals surface area contributed by atoms with E-state index in [0.717, 1.165) is 0 Å². The lowest BCUT2D eigenvalue weighted by molar-refractivity contribution is -0.142. The van der Waals surface area contributed by atoms with E-state index in [-0.39, 0.29) is 19.7 Å². The number of rotatable bonds is 6. The van der Waals surface area contributed by atoms with Crippen molar-refractivity contribution in [2.24, 2.45) is 5.73 Å². The molecule has 0 radical (unpaired) electrons. The SMILES string of the molecule is CCOC(=O)CNC(=O)NC(CN)C(=O)OC. The van der Waals surface area contributed by atoms with Gasteiger partial charge in [0.25, 0.3) is 0 Å². The van der Waals surface area contributed by atoms with Gasteiger partial charge in [-0.2, -0.15) is 0 Å². The predicted molar refractivity (Wildman–Crippen MR) is 58.0 cm³/mol. The summed E-state index contributed by atoms with van der Waals surface area (Å²) in [7, 11) is 1.18. The number of urea groups is 1. The van der Waals surface area contributed by atoms with Crippen LogP contribution >= 0.6 is 0 Å². The van der Waals surface area contributed by atoms with Gasteiger partial charge in [-0.1, -0.05) is 0 Å². The van der Waals surface area contributed by atoms with Gasteiger partial charge in [0, 0.05) is 6.54 Å². The number of carbonyl (C=O) groups is 3. The van der Waals surface area contributed by atoms with Crippen molar-refractivity contribution in [1.29, 1.82) is 0 Å². The van der Waals surface area contributed by atoms with Gasteiger partial charge in [0.2, 0.25) is 0 Å². The molecule has 0 bridgehead atoms. The largest absolute Gasteiger partial charge is 0.467 e. The molecule has 0 fully saturated rings. The van der Waals surface area contributed by atoms with Crippen LogP contribution in [-0.2, 0) is 19.1 Å². The van der Waals surface area contributed by atoms with Crippen LogP contribution in [-0.4, -0.2) is 50.8 Å². The van der Waals surface area contributed by atoms with Crippen LogP contribution in [0, 0.1) is 0 Å². The summed E-state index contributed by atoms with van der Waals surface area (Å²) in [5.74, 6) is -1.22. The van der Waals surface area contributed by atoms with Gasteiger partial charge in [0.1, 0.15) is 12.6 Å². The van der Waals surface area contributed by atoms with Gasteiger partial charge < -0.3 is 25.8 Å². The Hall–Kier alpha value is -1.83. The third-order valence-electron chi connectivity index (χ3n) is 1.73. The maximum absolute atomic E-state index is 11.2. The Balaban J connectivity index is 3.99. The van der Waals surface area contributed by atoms with Crippen molar-refractivity contribution in [3.8, 4) is 0 Å². The van der Waals surface area contributed by atoms with E-state index in [1.165, 1.54) is 7.11 Å². The van der Waals surface area contributed by atoms with Crippen LogP contribution in [0.3, 0.4) is 0 Å². The number of hydrogen-bond donors (Lipinski definition) is 3. The van der Waals surface area contributed by atoms with Gasteiger partial charge in [-0.25, -0.2) is 9.59 Å². The maximum Gasteiger partial charge on any atom is 0.329 e. The number of nitrogens with two attached hydrogens (primary N) is 1. The Morgan fingerprint density at radius 3 is 2.47 bits per heavy atom. The van der Waals surface area contributed by atoms with Crippen molar-refractivity contribution in [2.45, 2.75) is 13.0 Å². The molecule has 0 aliphatic heterocycles. The van der Waals surface area contributed by atoms with Crippen LogP contribution in [0.2, 0.25) is 0 Å². The predicted octanol–water partition coefficient (Wildman–Crippen LogP) is -1.65. The highest BCUT2D eigenvalue weighted by Gasteiger charge is 2.19.